The zero-order valence-electron chi connectivity index (χ0n) is 6.04. The van der Waals surface area contributed by atoms with E-state index in [-0.39, 0.29) is 0 Å². The van der Waals surface area contributed by atoms with Gasteiger partial charge in [0.2, 0.25) is 0 Å². The Morgan fingerprint density at radius 3 is 3.60 bits per heavy atom. The Morgan fingerprint density at radius 1 is 1.80 bits per heavy atom. The molecule has 3 nitrogen and oxygen atoms in total. The van der Waals surface area contributed by atoms with Gasteiger partial charge in [-0.3, -0.25) is 0 Å². The first-order chi connectivity index (χ1) is 4.86. The standard InChI is InChI=1S/C7H11N3/c1-6-5-10-3-2-8-7(10)4-9-6/h2-3,6,9H,4-5H2,1H3/t6-/m0/s1. The molecule has 0 unspecified atom stereocenters. The summed E-state index contributed by atoms with van der Waals surface area (Å²) in [6.45, 7) is 4.15. The van der Waals surface area contributed by atoms with Crippen LogP contribution in [0.3, 0.4) is 0 Å². The number of hydrogen-bond acceptors (Lipinski definition) is 2. The molecule has 54 valence electrons. The van der Waals surface area contributed by atoms with Crippen LogP contribution in [-0.2, 0) is 13.1 Å². The fourth-order valence-electron chi connectivity index (χ4n) is 1.30. The second-order valence-corrected chi connectivity index (χ2v) is 2.78. The molecule has 10 heavy (non-hydrogen) atoms. The van der Waals surface area contributed by atoms with E-state index in [1.165, 1.54) is 0 Å². The molecule has 0 bridgehead atoms. The third-order valence-corrected chi connectivity index (χ3v) is 1.88. The van der Waals surface area contributed by atoms with Crippen LogP contribution in [0.1, 0.15) is 12.7 Å². The average Bonchev–Trinajstić information content (AvgIpc) is 2.33. The third kappa shape index (κ3) is 0.827. The maximum atomic E-state index is 4.19. The SMILES string of the molecule is C[C@H]1Cn2ccnc2CN1. The molecule has 0 spiro atoms. The van der Waals surface area contributed by atoms with Crippen molar-refractivity contribution in [2.24, 2.45) is 0 Å². The Hall–Kier alpha value is -0.830. The van der Waals surface area contributed by atoms with Crippen LogP contribution in [0, 0.1) is 0 Å². The first-order valence-electron chi connectivity index (χ1n) is 3.59. The quantitative estimate of drug-likeness (QED) is 0.560. The molecule has 1 aromatic heterocycles. The van der Waals surface area contributed by atoms with E-state index in [0.29, 0.717) is 6.04 Å². The van der Waals surface area contributed by atoms with E-state index in [2.05, 4.69) is 21.8 Å². The van der Waals surface area contributed by atoms with Crippen LogP contribution in [-0.4, -0.2) is 15.6 Å². The summed E-state index contributed by atoms with van der Waals surface area (Å²) in [6.07, 6.45) is 3.89. The molecule has 2 rings (SSSR count). The van der Waals surface area contributed by atoms with Gasteiger partial charge in [-0.2, -0.15) is 0 Å². The van der Waals surface area contributed by atoms with Crippen LogP contribution in [0.25, 0.3) is 0 Å². The monoisotopic (exact) mass is 137 g/mol. The number of nitrogens with one attached hydrogen (secondary N) is 1. The van der Waals surface area contributed by atoms with Gasteiger partial charge < -0.3 is 9.88 Å². The second-order valence-electron chi connectivity index (χ2n) is 2.78. The fraction of sp³-hybridized carbons (Fsp3) is 0.571. The van der Waals surface area contributed by atoms with Crippen molar-refractivity contribution in [2.45, 2.75) is 26.1 Å². The number of fused-ring (bicyclic) bond motifs is 1. The van der Waals surface area contributed by atoms with E-state index in [1.54, 1.807) is 0 Å². The molecule has 1 atom stereocenters. The molecule has 0 fully saturated rings. The highest BCUT2D eigenvalue weighted by molar-refractivity contribution is 4.96. The van der Waals surface area contributed by atoms with Crippen LogP contribution in [0.4, 0.5) is 0 Å². The van der Waals surface area contributed by atoms with Gasteiger partial charge in [-0.25, -0.2) is 4.98 Å². The Labute approximate surface area is 60.1 Å². The van der Waals surface area contributed by atoms with E-state index in [0.717, 1.165) is 18.9 Å². The van der Waals surface area contributed by atoms with E-state index >= 15 is 0 Å². The molecule has 1 aliphatic heterocycles. The summed E-state index contributed by atoms with van der Waals surface area (Å²) < 4.78 is 2.20. The van der Waals surface area contributed by atoms with Gasteiger partial charge in [0.15, 0.2) is 0 Å². The van der Waals surface area contributed by atoms with E-state index in [9.17, 15) is 0 Å². The molecule has 0 amide bonds. The highest BCUT2D eigenvalue weighted by atomic mass is 15.2. The second kappa shape index (κ2) is 2.09. The average molecular weight is 137 g/mol. The minimum atomic E-state index is 0.585. The first-order valence-corrected chi connectivity index (χ1v) is 3.59. The van der Waals surface area contributed by atoms with Crippen molar-refractivity contribution < 1.29 is 0 Å². The molecule has 0 aromatic carbocycles. The lowest BCUT2D eigenvalue weighted by molar-refractivity contribution is 0.410. The molecular weight excluding hydrogens is 126 g/mol. The topological polar surface area (TPSA) is 29.9 Å². The van der Waals surface area contributed by atoms with Crippen LogP contribution in [0.5, 0.6) is 0 Å². The first kappa shape index (κ1) is 5.92. The van der Waals surface area contributed by atoms with Gasteiger partial charge in [-0.15, -0.1) is 0 Å². The summed E-state index contributed by atoms with van der Waals surface area (Å²) in [4.78, 5) is 4.19. The summed E-state index contributed by atoms with van der Waals surface area (Å²) >= 11 is 0. The number of rotatable bonds is 0. The highest BCUT2D eigenvalue weighted by Crippen LogP contribution is 2.04. The van der Waals surface area contributed by atoms with E-state index < -0.39 is 0 Å². The molecule has 3 heteroatoms. The number of hydrogen-bond donors (Lipinski definition) is 1. The summed E-state index contributed by atoms with van der Waals surface area (Å²) in [7, 11) is 0. The van der Waals surface area contributed by atoms with Crippen molar-refractivity contribution >= 4 is 0 Å². The normalized spacial score (nSPS) is 24.3. The van der Waals surface area contributed by atoms with Crippen molar-refractivity contribution in [3.8, 4) is 0 Å². The molecule has 0 aliphatic carbocycles. The largest absolute Gasteiger partial charge is 0.332 e. The number of aromatic nitrogens is 2. The third-order valence-electron chi connectivity index (χ3n) is 1.88. The Balaban J connectivity index is 2.30. The van der Waals surface area contributed by atoms with E-state index in [4.69, 9.17) is 0 Å². The summed E-state index contributed by atoms with van der Waals surface area (Å²) in [6, 6.07) is 0.585. The van der Waals surface area contributed by atoms with Crippen molar-refractivity contribution in [1.82, 2.24) is 14.9 Å². The molecule has 2 heterocycles. The van der Waals surface area contributed by atoms with Gasteiger partial charge in [0.25, 0.3) is 0 Å². The zero-order valence-corrected chi connectivity index (χ0v) is 6.04. The summed E-state index contributed by atoms with van der Waals surface area (Å²) in [5.74, 6) is 1.15. The van der Waals surface area contributed by atoms with Gasteiger partial charge in [0.1, 0.15) is 5.82 Å². The van der Waals surface area contributed by atoms with Crippen LogP contribution in [0.2, 0.25) is 0 Å². The van der Waals surface area contributed by atoms with Gasteiger partial charge in [0.05, 0.1) is 6.54 Å². The smallest absolute Gasteiger partial charge is 0.122 e. The van der Waals surface area contributed by atoms with E-state index in [1.807, 2.05) is 12.4 Å². The molecule has 0 saturated heterocycles. The van der Waals surface area contributed by atoms with Crippen LogP contribution < -0.4 is 5.32 Å². The van der Waals surface area contributed by atoms with Gasteiger partial charge in [-0.1, -0.05) is 0 Å². The minimum Gasteiger partial charge on any atom is -0.332 e. The predicted octanol–water partition coefficient (Wildman–Crippen LogP) is 0.375. The summed E-state index contributed by atoms with van der Waals surface area (Å²) in [5, 5.41) is 3.34. The predicted molar refractivity (Wildman–Crippen MR) is 38.5 cm³/mol. The van der Waals surface area contributed by atoms with Crippen molar-refractivity contribution in [2.75, 3.05) is 0 Å². The summed E-state index contributed by atoms with van der Waals surface area (Å²) in [5.41, 5.74) is 0. The molecule has 0 saturated carbocycles. The zero-order chi connectivity index (χ0) is 6.97. The minimum absolute atomic E-state index is 0.585. The van der Waals surface area contributed by atoms with Crippen LogP contribution in [0.15, 0.2) is 12.4 Å². The van der Waals surface area contributed by atoms with Gasteiger partial charge in [0, 0.05) is 25.0 Å². The van der Waals surface area contributed by atoms with Crippen molar-refractivity contribution in [3.05, 3.63) is 18.2 Å². The van der Waals surface area contributed by atoms with Crippen LogP contribution >= 0.6 is 0 Å². The van der Waals surface area contributed by atoms with Gasteiger partial charge >= 0.3 is 0 Å². The molecule has 1 aromatic rings. The Bertz CT molecular complexity index is 229. The molecule has 1 N–H and O–H groups in total. The molecular formula is C7H11N3. The molecule has 0 radical (unpaired) electrons. The van der Waals surface area contributed by atoms with Crippen molar-refractivity contribution in [1.29, 1.82) is 0 Å². The lowest BCUT2D eigenvalue weighted by Crippen LogP contribution is -2.36. The maximum absolute atomic E-state index is 4.19. The fourth-order valence-corrected chi connectivity index (χ4v) is 1.30. The Morgan fingerprint density at radius 2 is 2.70 bits per heavy atom. The molecule has 1 aliphatic rings. The highest BCUT2D eigenvalue weighted by Gasteiger charge is 2.12. The van der Waals surface area contributed by atoms with Crippen molar-refractivity contribution in [3.63, 3.8) is 0 Å². The lowest BCUT2D eigenvalue weighted by atomic mass is 10.3. The lowest BCUT2D eigenvalue weighted by Gasteiger charge is -2.21. The maximum Gasteiger partial charge on any atom is 0.122 e. The van der Waals surface area contributed by atoms with Gasteiger partial charge in [-0.05, 0) is 6.92 Å². The Kier molecular flexibility index (Phi) is 1.24. The number of imidazole rings is 1. The number of nitrogens with zero attached hydrogens (tertiary/aromatic N) is 2.